The Balaban J connectivity index is 1.44. The summed E-state index contributed by atoms with van der Waals surface area (Å²) in [6.45, 7) is -2.07. The van der Waals surface area contributed by atoms with E-state index in [0.717, 1.165) is 24.3 Å². The molecule has 6 rings (SSSR count). The summed E-state index contributed by atoms with van der Waals surface area (Å²) in [5, 5.41) is 134. The summed E-state index contributed by atoms with van der Waals surface area (Å²) in [6.07, 6.45) is -23.8. The maximum absolute atomic E-state index is 11.1. The molecule has 0 amide bonds. The molecule has 0 spiro atoms. The molecule has 52 heavy (non-hydrogen) atoms. The summed E-state index contributed by atoms with van der Waals surface area (Å²) in [7, 11) is 0. The van der Waals surface area contributed by atoms with Crippen LogP contribution in [0.4, 0.5) is 0 Å². The van der Waals surface area contributed by atoms with Gasteiger partial charge < -0.3 is 94.8 Å². The number of rotatable bonds is 9. The van der Waals surface area contributed by atoms with Gasteiger partial charge in [-0.2, -0.15) is 0 Å². The predicted octanol–water partition coefficient (Wildman–Crippen LogP) is -3.68. The van der Waals surface area contributed by atoms with Crippen molar-refractivity contribution in [3.63, 3.8) is 0 Å². The molecule has 286 valence electrons. The van der Waals surface area contributed by atoms with Crippen LogP contribution in [0, 0.1) is 0 Å². The van der Waals surface area contributed by atoms with E-state index >= 15 is 0 Å². The molecule has 0 aliphatic carbocycles. The fourth-order valence-electron chi connectivity index (χ4n) is 5.99. The Labute approximate surface area is 292 Å². The normalized spacial score (nSPS) is 36.8. The Morgan fingerprint density at radius 2 is 1.27 bits per heavy atom. The fraction of sp³-hybridized carbons (Fsp3) is 0.531. The number of benzene rings is 2. The standard InChI is InChI=1S/C32H38O20/c33-7-19-22(40)24(42)27(45)31(50-19)48-17-5-11(35)4-16-12(17)6-18(28(47-16)10-1-2-13(36)14(37)3-10)49-32-29(25(43)23(41)20(8-34)51-32)52-30-26(44)21(39)15(38)9-46-30/h1-6,15,19-27,29-34,38-45H,7-9H2,(H2-,35,36,37)/p+1. The zero-order chi connectivity index (χ0) is 37.6. The maximum atomic E-state index is 11.1. The number of aromatic hydroxyl groups is 3. The number of ether oxygens (including phenoxy) is 6. The van der Waals surface area contributed by atoms with Gasteiger partial charge in [0.1, 0.15) is 77.9 Å². The Hall–Kier alpha value is -3.71. The molecule has 1 aromatic heterocycles. The van der Waals surface area contributed by atoms with Gasteiger partial charge in [0.05, 0.1) is 31.5 Å². The lowest BCUT2D eigenvalue weighted by molar-refractivity contribution is -0.344. The number of phenols is 3. The summed E-state index contributed by atoms with van der Waals surface area (Å²) >= 11 is 0. The van der Waals surface area contributed by atoms with Crippen LogP contribution in [0.1, 0.15) is 0 Å². The van der Waals surface area contributed by atoms with Crippen molar-refractivity contribution >= 4 is 11.0 Å². The van der Waals surface area contributed by atoms with E-state index in [1.807, 2.05) is 0 Å². The molecule has 4 heterocycles. The highest BCUT2D eigenvalue weighted by Crippen LogP contribution is 2.43. The van der Waals surface area contributed by atoms with Crippen molar-refractivity contribution in [2.45, 2.75) is 86.0 Å². The van der Waals surface area contributed by atoms with Gasteiger partial charge in [0.2, 0.25) is 18.3 Å². The lowest BCUT2D eigenvalue weighted by atomic mass is 9.98. The van der Waals surface area contributed by atoms with Crippen LogP contribution in [0.15, 0.2) is 40.8 Å². The van der Waals surface area contributed by atoms with Crippen LogP contribution < -0.4 is 9.47 Å². The van der Waals surface area contributed by atoms with Crippen molar-refractivity contribution in [1.82, 2.24) is 0 Å². The molecule has 20 nitrogen and oxygen atoms in total. The van der Waals surface area contributed by atoms with Gasteiger partial charge in [0, 0.05) is 18.2 Å². The highest BCUT2D eigenvalue weighted by molar-refractivity contribution is 5.89. The van der Waals surface area contributed by atoms with Crippen LogP contribution in [0.5, 0.6) is 28.7 Å². The molecule has 3 saturated heterocycles. The van der Waals surface area contributed by atoms with Gasteiger partial charge in [-0.15, -0.1) is 0 Å². The Bertz CT molecular complexity index is 1710. The van der Waals surface area contributed by atoms with Gasteiger partial charge in [0.15, 0.2) is 23.9 Å². The molecule has 13 N–H and O–H groups in total. The lowest BCUT2D eigenvalue weighted by Crippen LogP contribution is -2.63. The van der Waals surface area contributed by atoms with Crippen molar-refractivity contribution in [3.8, 4) is 40.1 Å². The molecule has 0 bridgehead atoms. The van der Waals surface area contributed by atoms with E-state index in [4.69, 9.17) is 32.8 Å². The second kappa shape index (κ2) is 15.3. The number of phenolic OH excluding ortho intramolecular Hbond substituents is 3. The van der Waals surface area contributed by atoms with E-state index in [-0.39, 0.29) is 33.8 Å². The quantitative estimate of drug-likeness (QED) is 0.0741. The molecular formula is C32H39O20+. The second-order valence-electron chi connectivity index (χ2n) is 12.5. The van der Waals surface area contributed by atoms with Crippen molar-refractivity contribution in [3.05, 3.63) is 36.4 Å². The van der Waals surface area contributed by atoms with Gasteiger partial charge >= 0.3 is 11.3 Å². The van der Waals surface area contributed by atoms with Gasteiger partial charge in [0.25, 0.3) is 0 Å². The predicted molar refractivity (Wildman–Crippen MR) is 166 cm³/mol. The molecule has 3 aromatic rings. The monoisotopic (exact) mass is 743 g/mol. The molecule has 0 radical (unpaired) electrons. The topological polar surface area (TPSA) is 330 Å². The maximum Gasteiger partial charge on any atom is 0.402 e. The highest BCUT2D eigenvalue weighted by Gasteiger charge is 2.51. The third kappa shape index (κ3) is 7.27. The van der Waals surface area contributed by atoms with Crippen LogP contribution >= 0.6 is 0 Å². The van der Waals surface area contributed by atoms with Crippen molar-refractivity contribution < 1.29 is 99.2 Å². The average Bonchev–Trinajstić information content (AvgIpc) is 3.12. The van der Waals surface area contributed by atoms with Crippen molar-refractivity contribution in [2.24, 2.45) is 0 Å². The van der Waals surface area contributed by atoms with Gasteiger partial charge in [-0.3, -0.25) is 0 Å². The van der Waals surface area contributed by atoms with E-state index in [1.165, 1.54) is 12.1 Å². The first-order chi connectivity index (χ1) is 24.7. The Morgan fingerprint density at radius 1 is 0.635 bits per heavy atom. The lowest BCUT2D eigenvalue weighted by Gasteiger charge is -2.44. The zero-order valence-corrected chi connectivity index (χ0v) is 26.8. The zero-order valence-electron chi connectivity index (χ0n) is 26.8. The van der Waals surface area contributed by atoms with E-state index in [9.17, 15) is 66.4 Å². The van der Waals surface area contributed by atoms with Crippen LogP contribution in [0.25, 0.3) is 22.3 Å². The first kappa shape index (κ1) is 38.0. The SMILES string of the molecule is OCC1OC(Oc2cc(O)cc3[o+]c(-c4ccc(O)c(O)c4)c(OC4OC(CO)C(O)C(O)C4OC4OCC(O)C(O)C4O)cc23)C(O)C(O)C1O. The Morgan fingerprint density at radius 3 is 1.94 bits per heavy atom. The number of aliphatic hydroxyl groups excluding tert-OH is 10. The number of fused-ring (bicyclic) bond motifs is 1. The molecule has 20 heteroatoms. The third-order valence-corrected chi connectivity index (χ3v) is 8.94. The molecule has 0 saturated carbocycles. The molecule has 14 atom stereocenters. The Kier molecular flexibility index (Phi) is 11.2. The van der Waals surface area contributed by atoms with Gasteiger partial charge in [-0.25, -0.2) is 4.42 Å². The number of hydrogen-bond donors (Lipinski definition) is 13. The van der Waals surface area contributed by atoms with Crippen LogP contribution in [0.3, 0.4) is 0 Å². The molecule has 2 aromatic carbocycles. The van der Waals surface area contributed by atoms with Crippen LogP contribution in [-0.2, 0) is 18.9 Å². The van der Waals surface area contributed by atoms with Crippen LogP contribution in [-0.4, -0.2) is 172 Å². The van der Waals surface area contributed by atoms with E-state index in [0.29, 0.717) is 0 Å². The van der Waals surface area contributed by atoms with Crippen molar-refractivity contribution in [1.29, 1.82) is 0 Å². The minimum atomic E-state index is -1.89. The number of hydrogen-bond acceptors (Lipinski definition) is 19. The van der Waals surface area contributed by atoms with Gasteiger partial charge in [-0.1, -0.05) is 0 Å². The third-order valence-electron chi connectivity index (χ3n) is 8.94. The summed E-state index contributed by atoms with van der Waals surface area (Å²) in [6, 6.07) is 6.98. The number of aliphatic hydroxyl groups is 10. The van der Waals surface area contributed by atoms with E-state index in [2.05, 4.69) is 0 Å². The molecule has 14 unspecified atom stereocenters. The first-order valence-corrected chi connectivity index (χ1v) is 16.0. The van der Waals surface area contributed by atoms with E-state index in [1.54, 1.807) is 0 Å². The molecular weight excluding hydrogens is 704 g/mol. The molecule has 3 fully saturated rings. The second-order valence-corrected chi connectivity index (χ2v) is 12.5. The summed E-state index contributed by atoms with van der Waals surface area (Å²) in [5.74, 6) is -2.30. The summed E-state index contributed by atoms with van der Waals surface area (Å²) in [4.78, 5) is 0. The van der Waals surface area contributed by atoms with Crippen LogP contribution in [0.2, 0.25) is 0 Å². The van der Waals surface area contributed by atoms with Crippen molar-refractivity contribution in [2.75, 3.05) is 19.8 Å². The van der Waals surface area contributed by atoms with Gasteiger partial charge in [-0.05, 0) is 12.1 Å². The first-order valence-electron chi connectivity index (χ1n) is 16.0. The molecule has 3 aliphatic rings. The average molecular weight is 744 g/mol. The summed E-state index contributed by atoms with van der Waals surface area (Å²) in [5.41, 5.74) is -0.0653. The largest absolute Gasteiger partial charge is 0.507 e. The smallest absolute Gasteiger partial charge is 0.402 e. The molecule has 3 aliphatic heterocycles. The van der Waals surface area contributed by atoms with E-state index < -0.39 is 123 Å². The minimum absolute atomic E-state index is 0.0211. The summed E-state index contributed by atoms with van der Waals surface area (Å²) < 4.78 is 40.3. The fourth-order valence-corrected chi connectivity index (χ4v) is 5.99. The highest BCUT2D eigenvalue weighted by atomic mass is 16.8. The minimum Gasteiger partial charge on any atom is -0.507 e.